The highest BCUT2D eigenvalue weighted by atomic mass is 19.1. The number of nitrogens with zero attached hydrogens (tertiary/aromatic N) is 4. The van der Waals surface area contributed by atoms with Crippen molar-refractivity contribution >= 4 is 11.7 Å². The van der Waals surface area contributed by atoms with Gasteiger partial charge in [-0.3, -0.25) is 4.79 Å². The van der Waals surface area contributed by atoms with Crippen LogP contribution in [0.15, 0.2) is 42.9 Å². The van der Waals surface area contributed by atoms with Crippen molar-refractivity contribution in [1.29, 1.82) is 0 Å². The fourth-order valence-electron chi connectivity index (χ4n) is 4.16. The van der Waals surface area contributed by atoms with Crippen molar-refractivity contribution < 1.29 is 9.18 Å². The topological polar surface area (TPSA) is 97.0 Å². The number of amides is 1. The molecule has 3 heterocycles. The Balaban J connectivity index is 1.66. The second-order valence-electron chi connectivity index (χ2n) is 8.14. The number of aryl methyl sites for hydroxylation is 1. The zero-order valence-electron chi connectivity index (χ0n) is 18.3. The minimum absolute atomic E-state index is 0.0268. The summed E-state index contributed by atoms with van der Waals surface area (Å²) in [4.78, 5) is 27.9. The Morgan fingerprint density at radius 2 is 2.03 bits per heavy atom. The van der Waals surface area contributed by atoms with Crippen LogP contribution in [-0.4, -0.2) is 51.9 Å². The maximum atomic E-state index is 15.0. The van der Waals surface area contributed by atoms with E-state index >= 15 is 4.39 Å². The minimum Gasteiger partial charge on any atom is -0.384 e. The van der Waals surface area contributed by atoms with Crippen molar-refractivity contribution in [2.75, 3.05) is 25.9 Å². The maximum absolute atomic E-state index is 15.0. The molecular formula is C24H27FN6O. The highest BCUT2D eigenvalue weighted by molar-refractivity contribution is 5.95. The maximum Gasteiger partial charge on any atom is 0.254 e. The lowest BCUT2D eigenvalue weighted by molar-refractivity contribution is 0.0908. The van der Waals surface area contributed by atoms with E-state index in [0.717, 1.165) is 42.8 Å². The Kier molecular flexibility index (Phi) is 6.41. The van der Waals surface area contributed by atoms with Crippen LogP contribution in [0.1, 0.15) is 35.8 Å². The zero-order valence-corrected chi connectivity index (χ0v) is 18.3. The summed E-state index contributed by atoms with van der Waals surface area (Å²) >= 11 is 0. The smallest absolute Gasteiger partial charge is 0.254 e. The number of pyridine rings is 1. The first-order valence-electron chi connectivity index (χ1n) is 10.8. The van der Waals surface area contributed by atoms with E-state index in [1.165, 1.54) is 18.5 Å². The summed E-state index contributed by atoms with van der Waals surface area (Å²) in [5.74, 6) is -0.563. The number of carbonyl (C=O) groups excluding carboxylic acids is 1. The van der Waals surface area contributed by atoms with Gasteiger partial charge in [0, 0.05) is 35.5 Å². The molecule has 1 aliphatic rings. The fraction of sp³-hybridized carbons (Fsp3) is 0.333. The second-order valence-corrected chi connectivity index (χ2v) is 8.14. The van der Waals surface area contributed by atoms with E-state index in [1.807, 2.05) is 20.0 Å². The van der Waals surface area contributed by atoms with Crippen molar-refractivity contribution in [1.82, 2.24) is 25.2 Å². The highest BCUT2D eigenvalue weighted by Crippen LogP contribution is 2.33. The van der Waals surface area contributed by atoms with Gasteiger partial charge < -0.3 is 16.0 Å². The van der Waals surface area contributed by atoms with E-state index in [4.69, 9.17) is 5.73 Å². The molecule has 3 aromatic rings. The van der Waals surface area contributed by atoms with Crippen molar-refractivity contribution in [3.63, 3.8) is 0 Å². The molecule has 3 N–H and O–H groups in total. The predicted octanol–water partition coefficient (Wildman–Crippen LogP) is 3.31. The summed E-state index contributed by atoms with van der Waals surface area (Å²) in [5.41, 5.74) is 9.32. The van der Waals surface area contributed by atoms with Crippen molar-refractivity contribution in [2.24, 2.45) is 0 Å². The van der Waals surface area contributed by atoms with E-state index in [-0.39, 0.29) is 11.6 Å². The third-order valence-corrected chi connectivity index (χ3v) is 5.78. The molecule has 0 spiro atoms. The third kappa shape index (κ3) is 4.60. The predicted molar refractivity (Wildman–Crippen MR) is 122 cm³/mol. The average molecular weight is 435 g/mol. The minimum atomic E-state index is -0.581. The first-order chi connectivity index (χ1) is 15.5. The standard InChI is InChI=1S/C24H27FN6O/c1-3-20-22(16-7-9-21(26)27-12-16)23(29-14-28-20)15-6-8-18(19(25)11-15)24(32)30-17-5-4-10-31(2)13-17/h6-9,11-12,14,17H,3-5,10,13H2,1-2H3,(H2,26,27)(H,30,32). The number of hydrogen-bond donors (Lipinski definition) is 2. The van der Waals surface area contributed by atoms with Gasteiger partial charge in [-0.05, 0) is 57.1 Å². The van der Waals surface area contributed by atoms with Crippen molar-refractivity contribution in [3.05, 3.63) is 59.9 Å². The van der Waals surface area contributed by atoms with Gasteiger partial charge in [-0.25, -0.2) is 19.3 Å². The van der Waals surface area contributed by atoms with E-state index in [9.17, 15) is 4.79 Å². The van der Waals surface area contributed by atoms with Crippen molar-refractivity contribution in [3.8, 4) is 22.4 Å². The van der Waals surface area contributed by atoms with E-state index in [2.05, 4.69) is 25.2 Å². The summed E-state index contributed by atoms with van der Waals surface area (Å²) in [7, 11) is 2.02. The molecule has 1 aromatic carbocycles. The number of likely N-dealkylation sites (tertiary alicyclic amines) is 1. The molecule has 0 saturated carbocycles. The van der Waals surface area contributed by atoms with Gasteiger partial charge in [0.15, 0.2) is 0 Å². The van der Waals surface area contributed by atoms with Crippen LogP contribution in [0.5, 0.6) is 0 Å². The normalized spacial score (nSPS) is 16.7. The summed E-state index contributed by atoms with van der Waals surface area (Å²) in [6.45, 7) is 3.78. The molecule has 1 saturated heterocycles. The number of nitrogen functional groups attached to an aromatic ring is 1. The molecule has 1 fully saturated rings. The lowest BCUT2D eigenvalue weighted by Crippen LogP contribution is -2.46. The zero-order chi connectivity index (χ0) is 22.7. The number of rotatable bonds is 5. The molecule has 1 atom stereocenters. The van der Waals surface area contributed by atoms with Crippen LogP contribution < -0.4 is 11.1 Å². The van der Waals surface area contributed by atoms with Gasteiger partial charge in [0.1, 0.15) is 18.0 Å². The third-order valence-electron chi connectivity index (χ3n) is 5.78. The van der Waals surface area contributed by atoms with Gasteiger partial charge in [-0.1, -0.05) is 13.0 Å². The number of anilines is 1. The number of carbonyl (C=O) groups is 1. The lowest BCUT2D eigenvalue weighted by atomic mass is 9.96. The molecule has 8 heteroatoms. The number of halogens is 1. The van der Waals surface area contributed by atoms with Crippen LogP contribution in [0.4, 0.5) is 10.2 Å². The monoisotopic (exact) mass is 434 g/mol. The lowest BCUT2D eigenvalue weighted by Gasteiger charge is -2.30. The van der Waals surface area contributed by atoms with Crippen molar-refractivity contribution in [2.45, 2.75) is 32.2 Å². The molecule has 0 aliphatic carbocycles. The van der Waals surface area contributed by atoms with E-state index < -0.39 is 11.7 Å². The number of likely N-dealkylation sites (N-methyl/N-ethyl adjacent to an activating group) is 1. The SMILES string of the molecule is CCc1ncnc(-c2ccc(C(=O)NC3CCCN(C)C3)c(F)c2)c1-c1ccc(N)nc1. The molecule has 0 bridgehead atoms. The quantitative estimate of drug-likeness (QED) is 0.640. The fourth-order valence-corrected chi connectivity index (χ4v) is 4.16. The summed E-state index contributed by atoms with van der Waals surface area (Å²) in [5, 5.41) is 2.96. The van der Waals surface area contributed by atoms with E-state index in [0.29, 0.717) is 23.5 Å². The van der Waals surface area contributed by atoms with E-state index in [1.54, 1.807) is 18.3 Å². The van der Waals surface area contributed by atoms with Crippen LogP contribution >= 0.6 is 0 Å². The molecule has 7 nitrogen and oxygen atoms in total. The number of piperidine rings is 1. The van der Waals surface area contributed by atoms with Crippen LogP contribution in [0.3, 0.4) is 0 Å². The second kappa shape index (κ2) is 9.40. The largest absolute Gasteiger partial charge is 0.384 e. The Morgan fingerprint density at radius 3 is 2.72 bits per heavy atom. The van der Waals surface area contributed by atoms with Crippen LogP contribution in [0.2, 0.25) is 0 Å². The molecule has 1 unspecified atom stereocenters. The number of hydrogen-bond acceptors (Lipinski definition) is 6. The van der Waals surface area contributed by atoms with Gasteiger partial charge >= 0.3 is 0 Å². The summed E-state index contributed by atoms with van der Waals surface area (Å²) < 4.78 is 15.0. The molecule has 0 radical (unpaired) electrons. The van der Waals surface area contributed by atoms with Gasteiger partial charge in [-0.2, -0.15) is 0 Å². The summed E-state index contributed by atoms with van der Waals surface area (Å²) in [6.07, 6.45) is 5.72. The number of aromatic nitrogens is 3. The Labute approximate surface area is 186 Å². The van der Waals surface area contributed by atoms with Gasteiger partial charge in [0.05, 0.1) is 17.0 Å². The molecule has 166 valence electrons. The van der Waals surface area contributed by atoms with Crippen LogP contribution in [0.25, 0.3) is 22.4 Å². The average Bonchev–Trinajstić information content (AvgIpc) is 2.79. The Hall–Kier alpha value is -3.39. The summed E-state index contributed by atoms with van der Waals surface area (Å²) in [6, 6.07) is 8.19. The van der Waals surface area contributed by atoms with Crippen LogP contribution in [0, 0.1) is 5.82 Å². The molecule has 2 aromatic heterocycles. The molecule has 4 rings (SSSR count). The first kappa shape index (κ1) is 21.8. The molecule has 32 heavy (non-hydrogen) atoms. The Bertz CT molecular complexity index is 1120. The Morgan fingerprint density at radius 1 is 1.22 bits per heavy atom. The number of benzene rings is 1. The first-order valence-corrected chi connectivity index (χ1v) is 10.8. The van der Waals surface area contributed by atoms with Gasteiger partial charge in [0.25, 0.3) is 5.91 Å². The number of nitrogens with two attached hydrogens (primary N) is 1. The highest BCUT2D eigenvalue weighted by Gasteiger charge is 2.22. The molecule has 1 amide bonds. The molecular weight excluding hydrogens is 407 g/mol. The van der Waals surface area contributed by atoms with Gasteiger partial charge in [0.2, 0.25) is 0 Å². The number of nitrogens with one attached hydrogen (secondary N) is 1. The van der Waals surface area contributed by atoms with Gasteiger partial charge in [-0.15, -0.1) is 0 Å². The van der Waals surface area contributed by atoms with Crippen LogP contribution in [-0.2, 0) is 6.42 Å². The molecule has 1 aliphatic heterocycles.